The van der Waals surface area contributed by atoms with Crippen molar-refractivity contribution in [3.8, 4) is 11.5 Å². The normalized spacial score (nSPS) is 27.4. The van der Waals surface area contributed by atoms with Crippen LogP contribution >= 0.6 is 64.8 Å². The van der Waals surface area contributed by atoms with Crippen molar-refractivity contribution in [3.05, 3.63) is 59.7 Å². The van der Waals surface area contributed by atoms with Gasteiger partial charge < -0.3 is 78.7 Å². The van der Waals surface area contributed by atoms with Gasteiger partial charge in [-0.25, -0.2) is 0 Å². The SMILES string of the molecule is CCOC(=O)[C@@H](CC(=O)[C@@H]1CSSC[C@@H]2NC(=O)[C@H](Cc3ccc(O)cc3)CC(=O)[C@H](CCC(=O)O)NC(=O)[C@@H]3CSSC[C@H](CC(=O)[C@H](C)NC(=O)[C@@H]4CCCN4C(=O)[C@H](CC(N)=O)NC(=O)[C@H](CSSC[C@H](N)C(=O)C3)NC2=O)C(=O)N[C@@H]([C@H](C)O)C(=O)CCC(=O)N1)Cc1ccc(O)cc1. The van der Waals surface area contributed by atoms with Crippen molar-refractivity contribution >= 4 is 159 Å². The van der Waals surface area contributed by atoms with E-state index in [0.717, 1.165) is 69.7 Å². The molecule has 31 nitrogen and oxygen atoms in total. The van der Waals surface area contributed by atoms with Crippen molar-refractivity contribution in [2.24, 2.45) is 35.1 Å². The maximum absolute atomic E-state index is 15.2. The number of hydrogen-bond acceptors (Lipinski definition) is 27. The molecule has 4 fully saturated rings. The Bertz CT molecular complexity index is 3430. The topological polar surface area (TPSA) is 503 Å². The van der Waals surface area contributed by atoms with Crippen molar-refractivity contribution in [2.45, 2.75) is 165 Å². The molecule has 4 heterocycles. The molecule has 103 heavy (non-hydrogen) atoms. The summed E-state index contributed by atoms with van der Waals surface area (Å²) in [5.41, 5.74) is 13.1. The number of aliphatic hydroxyl groups excluding tert-OH is 1. The summed E-state index contributed by atoms with van der Waals surface area (Å²) >= 11 is 0. The van der Waals surface area contributed by atoms with Gasteiger partial charge in [-0.2, -0.15) is 0 Å². The number of carboxylic acids is 1. The summed E-state index contributed by atoms with van der Waals surface area (Å²) in [6, 6.07) is -2.92. The standard InChI is InChI=1S/C66H88N10O21S6/c1-4-97-66(96)38(21-36-9-13-42(79)14-10-36)23-54(84)46-30-101-103-31-47-63(93)74-48-32-102-100-29-43(67)52(82)25-40(60(90)71-44(15-18-57(87)88)53(83)22-37(59(89)73-47)20-35-7-11-41(78)12-8-35)28-99-98-27-39(61(91)75-58(34(3)77)50(80)16-17-56(86)70-46)24-51(81)33(2)69-64(94)49-6-5-19-76(49)65(95)45(26-55(68)85)72-62(48)92/h7-14,33-34,37-40,43-49,58,77-79H,4-6,15-32,67H2,1-3H3,(H2,68,85)(H,69,94)(H,70,86)(H,71,90)(H,72,92)(H,73,89)(H,74,93)(H,75,91)(H,87,88)/t33-,34-,37+,38+,39-,40-,43-,44-,45-,46-,47-,48-,49-,58-/m0/s1. The number of carbonyl (C=O) groups is 16. The minimum atomic E-state index is -1.81. The second-order valence-corrected chi connectivity index (χ2v) is 33.0. The summed E-state index contributed by atoms with van der Waals surface area (Å²) in [7, 11) is 5.40. The fourth-order valence-corrected chi connectivity index (χ4v) is 18.7. The van der Waals surface area contributed by atoms with Crippen LogP contribution in [0.1, 0.15) is 103 Å². The number of nitrogens with two attached hydrogens (primary N) is 2. The predicted octanol–water partition coefficient (Wildman–Crippen LogP) is 0.135. The van der Waals surface area contributed by atoms with Crippen LogP contribution in [0.5, 0.6) is 11.5 Å². The van der Waals surface area contributed by atoms with Gasteiger partial charge in [0.15, 0.2) is 28.9 Å². The summed E-state index contributed by atoms with van der Waals surface area (Å²) in [6.45, 7) is 3.86. The highest BCUT2D eigenvalue weighted by molar-refractivity contribution is 8.77. The number of amides is 9. The molecule has 0 aromatic heterocycles. The van der Waals surface area contributed by atoms with E-state index in [0.29, 0.717) is 11.1 Å². The van der Waals surface area contributed by atoms with E-state index in [2.05, 4.69) is 37.2 Å². The lowest BCUT2D eigenvalue weighted by molar-refractivity contribution is -0.149. The Morgan fingerprint density at radius 3 is 1.78 bits per heavy atom. The zero-order chi connectivity index (χ0) is 75.6. The Morgan fingerprint density at radius 2 is 1.17 bits per heavy atom. The van der Waals surface area contributed by atoms with Crippen molar-refractivity contribution in [1.82, 2.24) is 42.1 Å². The van der Waals surface area contributed by atoms with Crippen LogP contribution < -0.4 is 48.7 Å². The first kappa shape index (κ1) is 84.5. The number of ketones is 5. The fourth-order valence-electron chi connectivity index (χ4n) is 11.4. The predicted molar refractivity (Wildman–Crippen MR) is 386 cm³/mol. The average molecular weight is 1550 g/mol. The molecule has 0 spiro atoms. The summed E-state index contributed by atoms with van der Waals surface area (Å²) in [5.74, 6) is -22.8. The Kier molecular flexibility index (Phi) is 34.4. The molecule has 4 aliphatic rings. The van der Waals surface area contributed by atoms with Gasteiger partial charge in [0, 0.05) is 91.9 Å². The second kappa shape index (κ2) is 41.9. The van der Waals surface area contributed by atoms with Crippen molar-refractivity contribution in [3.63, 3.8) is 0 Å². The smallest absolute Gasteiger partial charge is 0.309 e. The molecule has 4 saturated heterocycles. The van der Waals surface area contributed by atoms with Crippen molar-refractivity contribution in [2.75, 3.05) is 47.7 Å². The van der Waals surface area contributed by atoms with Gasteiger partial charge in [0.05, 0.1) is 61.1 Å². The number of phenols is 2. The van der Waals surface area contributed by atoms with E-state index >= 15 is 9.59 Å². The number of Topliss-reactive ketones (excluding diaryl/α,β-unsaturated/α-hetero) is 5. The van der Waals surface area contributed by atoms with E-state index in [1.54, 1.807) is 6.92 Å². The third-order valence-corrected chi connectivity index (χ3v) is 24.7. The zero-order valence-electron chi connectivity index (χ0n) is 56.8. The first-order chi connectivity index (χ1) is 48.9. The largest absolute Gasteiger partial charge is 0.508 e. The van der Waals surface area contributed by atoms with Gasteiger partial charge in [-0.3, -0.25) is 76.7 Å². The number of aliphatic hydroxyl groups is 1. The number of nitrogens with one attached hydrogen (secondary N) is 7. The molecular formula is C66H88N10O21S6. The van der Waals surface area contributed by atoms with Gasteiger partial charge >= 0.3 is 11.9 Å². The number of fused-ring (bicyclic) bond motifs is 20. The second-order valence-electron chi connectivity index (χ2n) is 25.4. The molecule has 14 atom stereocenters. The quantitative estimate of drug-likeness (QED) is 0.0833. The Balaban J connectivity index is 1.56. The molecule has 0 saturated carbocycles. The van der Waals surface area contributed by atoms with Crippen LogP contribution in [0.3, 0.4) is 0 Å². The summed E-state index contributed by atoms with van der Waals surface area (Å²) in [6.07, 6.45) is -7.74. The molecule has 0 unspecified atom stereocenters. The number of aliphatic carboxylic acids is 1. The highest BCUT2D eigenvalue weighted by Crippen LogP contribution is 2.32. The number of phenolic OH excluding ortho intramolecular Hbond substituents is 2. The number of ether oxygens (including phenoxy) is 1. The Morgan fingerprint density at radius 1 is 0.621 bits per heavy atom. The van der Waals surface area contributed by atoms with Gasteiger partial charge in [0.25, 0.3) is 0 Å². The number of hydrogen-bond donors (Lipinski definition) is 13. The molecule has 4 bridgehead atoms. The third-order valence-electron chi connectivity index (χ3n) is 17.3. The highest BCUT2D eigenvalue weighted by atomic mass is 33.1. The van der Waals surface area contributed by atoms with Gasteiger partial charge in [0.1, 0.15) is 41.7 Å². The van der Waals surface area contributed by atoms with Crippen molar-refractivity contribution < 1.29 is 102 Å². The molecule has 0 aliphatic carbocycles. The van der Waals surface area contributed by atoms with E-state index < -0.39 is 247 Å². The molecule has 9 amide bonds. The van der Waals surface area contributed by atoms with Gasteiger partial charge in [-0.1, -0.05) is 89.0 Å². The van der Waals surface area contributed by atoms with Crippen LogP contribution in [0.25, 0.3) is 0 Å². The van der Waals surface area contributed by atoms with Gasteiger partial charge in [0.2, 0.25) is 53.2 Å². The lowest BCUT2D eigenvalue weighted by atomic mass is 9.89. The first-order valence-corrected chi connectivity index (χ1v) is 40.8. The molecule has 4 aliphatic heterocycles. The maximum Gasteiger partial charge on any atom is 0.309 e. The number of nitrogens with zero attached hydrogens (tertiary/aromatic N) is 1. The molecule has 2 aromatic carbocycles. The molecule has 2 aromatic rings. The minimum absolute atomic E-state index is 0.0343. The first-order valence-electron chi connectivity index (χ1n) is 33.4. The molecule has 15 N–H and O–H groups in total. The van der Waals surface area contributed by atoms with Crippen LogP contribution in [0.2, 0.25) is 0 Å². The number of carboxylic acid groups (broad SMARTS) is 1. The maximum atomic E-state index is 15.2. The lowest BCUT2D eigenvalue weighted by Crippen LogP contribution is -2.60. The fraction of sp³-hybridized carbons (Fsp3) is 0.576. The van der Waals surface area contributed by atoms with E-state index in [9.17, 15) is 87.5 Å². The summed E-state index contributed by atoms with van der Waals surface area (Å²) in [4.78, 5) is 230. The molecular weight excluding hydrogens is 1460 g/mol. The number of primary amides is 1. The van der Waals surface area contributed by atoms with E-state index in [1.165, 1.54) is 62.4 Å². The zero-order valence-corrected chi connectivity index (χ0v) is 61.7. The van der Waals surface area contributed by atoms with Crippen LogP contribution in [0.4, 0.5) is 0 Å². The van der Waals surface area contributed by atoms with E-state index in [4.69, 9.17) is 16.2 Å². The number of carbonyl (C=O) groups excluding carboxylic acids is 15. The van der Waals surface area contributed by atoms with Crippen LogP contribution in [0.15, 0.2) is 48.5 Å². The summed E-state index contributed by atoms with van der Waals surface area (Å²) < 4.78 is 5.35. The Hall–Kier alpha value is -7.42. The minimum Gasteiger partial charge on any atom is -0.508 e. The van der Waals surface area contributed by atoms with E-state index in [1.807, 2.05) is 0 Å². The van der Waals surface area contributed by atoms with Gasteiger partial charge in [-0.05, 0) is 88.3 Å². The molecule has 0 radical (unpaired) electrons. The Labute approximate surface area is 617 Å². The number of esters is 1. The molecule has 37 heteroatoms. The monoisotopic (exact) mass is 1550 g/mol. The number of rotatable bonds is 15. The lowest BCUT2D eigenvalue weighted by Gasteiger charge is -2.30. The average Bonchev–Trinajstić information content (AvgIpc) is 1.75. The van der Waals surface area contributed by atoms with Crippen LogP contribution in [-0.2, 0) is 94.3 Å². The molecule has 6 rings (SSSR count). The third kappa shape index (κ3) is 27.2. The number of aromatic hydroxyl groups is 2. The van der Waals surface area contributed by atoms with Crippen LogP contribution in [0, 0.1) is 23.7 Å². The number of benzene rings is 2. The highest BCUT2D eigenvalue weighted by Gasteiger charge is 2.42. The van der Waals surface area contributed by atoms with Crippen LogP contribution in [-0.4, -0.2) is 227 Å². The molecule has 564 valence electrons. The van der Waals surface area contributed by atoms with Gasteiger partial charge in [-0.15, -0.1) is 0 Å². The summed E-state index contributed by atoms with van der Waals surface area (Å²) in [5, 5.41) is 59.4. The van der Waals surface area contributed by atoms with E-state index in [-0.39, 0.29) is 73.3 Å². The van der Waals surface area contributed by atoms with Crippen molar-refractivity contribution in [1.29, 1.82) is 0 Å².